The maximum Gasteiger partial charge on any atom is 0.124 e. The second kappa shape index (κ2) is 23.9. The lowest BCUT2D eigenvalue weighted by Gasteiger charge is -2.30. The Hall–Kier alpha value is -8.34. The van der Waals surface area contributed by atoms with Gasteiger partial charge in [-0.1, -0.05) is 180 Å². The molecule has 0 fully saturated rings. The first kappa shape index (κ1) is 53.1. The number of nitrogens with zero attached hydrogens (tertiary/aromatic N) is 3. The molecule has 9 heteroatoms. The van der Waals surface area contributed by atoms with Gasteiger partial charge in [-0.25, -0.2) is 0 Å². The Labute approximate surface area is 458 Å². The summed E-state index contributed by atoms with van der Waals surface area (Å²) in [6.45, 7) is 9.81. The summed E-state index contributed by atoms with van der Waals surface area (Å²) in [5, 5.41) is 70.4. The monoisotopic (exact) mass is 1040 g/mol. The van der Waals surface area contributed by atoms with Crippen molar-refractivity contribution < 1.29 is 30.6 Å². The molecule has 396 valence electrons. The van der Waals surface area contributed by atoms with Crippen molar-refractivity contribution in [1.29, 1.82) is 0 Å². The van der Waals surface area contributed by atoms with E-state index >= 15 is 0 Å². The van der Waals surface area contributed by atoms with E-state index in [1.807, 2.05) is 91.0 Å². The molecule has 6 bridgehead atoms. The first-order valence-electron chi connectivity index (χ1n) is 26.9. The zero-order valence-electron chi connectivity index (χ0n) is 44.8. The quantitative estimate of drug-likeness (QED) is 0.0708. The van der Waals surface area contributed by atoms with Crippen LogP contribution in [0.4, 0.5) is 0 Å². The normalized spacial score (nSPS) is 13.7. The van der Waals surface area contributed by atoms with Crippen LogP contribution in [0.25, 0.3) is 0 Å². The summed E-state index contributed by atoms with van der Waals surface area (Å²) >= 11 is 0. The fourth-order valence-electron chi connectivity index (χ4n) is 11.4. The van der Waals surface area contributed by atoms with Gasteiger partial charge >= 0.3 is 0 Å². The SMILES string of the molecule is Cc1cc2c(O)c(c1)CN(Cc1ccccc1Cc1ccccc1O)Cc1cc(C)cc(c1O)CN(Cc1ccccc1Cc1ccccc1O)Cc1cc(C)cc(c1O)CN(Cc1ccccc1Cc1ccccc1O)C2. The van der Waals surface area contributed by atoms with Crippen LogP contribution in [0.3, 0.4) is 0 Å². The van der Waals surface area contributed by atoms with E-state index < -0.39 is 0 Å². The summed E-state index contributed by atoms with van der Waals surface area (Å²) in [4.78, 5) is 6.86. The molecule has 0 unspecified atom stereocenters. The summed E-state index contributed by atoms with van der Waals surface area (Å²) in [5.41, 5.74) is 16.4. The predicted octanol–water partition coefficient (Wildman–Crippen LogP) is 13.5. The molecule has 0 atom stereocenters. The lowest BCUT2D eigenvalue weighted by Crippen LogP contribution is -2.26. The Bertz CT molecular complexity index is 3140. The summed E-state index contributed by atoms with van der Waals surface area (Å²) in [7, 11) is 0. The molecule has 0 saturated heterocycles. The van der Waals surface area contributed by atoms with Gasteiger partial charge in [-0.2, -0.15) is 0 Å². The van der Waals surface area contributed by atoms with Gasteiger partial charge in [0.05, 0.1) is 0 Å². The molecule has 6 N–H and O–H groups in total. The van der Waals surface area contributed by atoms with Crippen molar-refractivity contribution in [3.8, 4) is 34.5 Å². The molecule has 1 heterocycles. The summed E-state index contributed by atoms with van der Waals surface area (Å²) < 4.78 is 0. The molecule has 9 nitrogen and oxygen atoms in total. The smallest absolute Gasteiger partial charge is 0.124 e. The molecule has 0 aliphatic carbocycles. The number of para-hydroxylation sites is 3. The van der Waals surface area contributed by atoms with E-state index in [4.69, 9.17) is 0 Å². The third-order valence-electron chi connectivity index (χ3n) is 15.3. The zero-order chi connectivity index (χ0) is 54.3. The minimum Gasteiger partial charge on any atom is -0.508 e. The van der Waals surface area contributed by atoms with Gasteiger partial charge in [-0.05, 0) is 89.0 Å². The Morgan fingerprint density at radius 3 is 0.679 bits per heavy atom. The van der Waals surface area contributed by atoms with Crippen LogP contribution in [-0.4, -0.2) is 45.3 Å². The molecule has 1 aliphatic rings. The summed E-state index contributed by atoms with van der Waals surface area (Å²) in [6, 6.07) is 59.5. The van der Waals surface area contributed by atoms with Crippen LogP contribution < -0.4 is 0 Å². The number of aromatic hydroxyl groups is 6. The third-order valence-corrected chi connectivity index (χ3v) is 15.3. The number of benzene rings is 9. The number of rotatable bonds is 12. The van der Waals surface area contributed by atoms with Gasteiger partial charge in [-0.15, -0.1) is 0 Å². The number of aryl methyl sites for hydroxylation is 3. The van der Waals surface area contributed by atoms with Gasteiger partial charge in [0, 0.05) is 112 Å². The van der Waals surface area contributed by atoms with Crippen LogP contribution in [0.5, 0.6) is 34.5 Å². The van der Waals surface area contributed by atoms with Gasteiger partial charge in [0.2, 0.25) is 0 Å². The van der Waals surface area contributed by atoms with Gasteiger partial charge in [0.1, 0.15) is 34.5 Å². The summed E-state index contributed by atoms with van der Waals surface area (Å²) in [6.07, 6.45) is 1.60. The Morgan fingerprint density at radius 2 is 0.462 bits per heavy atom. The van der Waals surface area contributed by atoms with Gasteiger partial charge in [0.15, 0.2) is 0 Å². The molecule has 9 aromatic rings. The summed E-state index contributed by atoms with van der Waals surface area (Å²) in [5.74, 6) is 1.33. The van der Waals surface area contributed by atoms with E-state index in [2.05, 4.69) is 108 Å². The predicted molar refractivity (Wildman–Crippen MR) is 309 cm³/mol. The third kappa shape index (κ3) is 12.7. The molecule has 10 rings (SSSR count). The van der Waals surface area contributed by atoms with E-state index in [0.717, 1.165) is 100 Å². The van der Waals surface area contributed by atoms with E-state index in [9.17, 15) is 30.6 Å². The maximum atomic E-state index is 12.6. The van der Waals surface area contributed by atoms with E-state index in [0.29, 0.717) is 78.2 Å². The van der Waals surface area contributed by atoms with Crippen LogP contribution in [0.1, 0.15) is 100 Å². The van der Waals surface area contributed by atoms with Crippen LogP contribution in [-0.2, 0) is 78.2 Å². The first-order valence-corrected chi connectivity index (χ1v) is 26.9. The van der Waals surface area contributed by atoms with Crippen molar-refractivity contribution in [2.24, 2.45) is 0 Å². The minimum absolute atomic E-state index is 0.198. The number of phenolic OH excluding ortho intramolecular Hbond substituents is 6. The Kier molecular flexibility index (Phi) is 16.3. The van der Waals surface area contributed by atoms with Crippen LogP contribution in [0, 0.1) is 20.8 Å². The van der Waals surface area contributed by atoms with Crippen LogP contribution >= 0.6 is 0 Å². The van der Waals surface area contributed by atoms with Gasteiger partial charge in [-0.3, -0.25) is 14.7 Å². The second-order valence-corrected chi connectivity index (χ2v) is 21.5. The second-order valence-electron chi connectivity index (χ2n) is 21.5. The molecule has 0 saturated carbocycles. The van der Waals surface area contributed by atoms with Crippen LogP contribution in [0.2, 0.25) is 0 Å². The van der Waals surface area contributed by atoms with Crippen molar-refractivity contribution in [2.75, 3.05) is 0 Å². The highest BCUT2D eigenvalue weighted by atomic mass is 16.3. The molecule has 1 aliphatic heterocycles. The van der Waals surface area contributed by atoms with Crippen LogP contribution in [0.15, 0.2) is 182 Å². The molecule has 78 heavy (non-hydrogen) atoms. The number of fused-ring (bicyclic) bond motifs is 6. The van der Waals surface area contributed by atoms with Crippen molar-refractivity contribution in [1.82, 2.24) is 14.7 Å². The minimum atomic E-state index is 0.198. The zero-order valence-corrected chi connectivity index (χ0v) is 44.8. The van der Waals surface area contributed by atoms with E-state index in [1.165, 1.54) is 0 Å². The molecule has 0 amide bonds. The van der Waals surface area contributed by atoms with Crippen molar-refractivity contribution in [3.63, 3.8) is 0 Å². The maximum absolute atomic E-state index is 12.6. The van der Waals surface area contributed by atoms with Crippen molar-refractivity contribution in [2.45, 2.75) is 98.9 Å². The average molecular weight is 1040 g/mol. The molecule has 0 radical (unpaired) electrons. The molecular formula is C69H69N3O6. The highest BCUT2D eigenvalue weighted by Crippen LogP contribution is 2.37. The molecular weight excluding hydrogens is 967 g/mol. The largest absolute Gasteiger partial charge is 0.508 e. The standard InChI is InChI=1S/C69H69N3O6/c1-46-28-58-40-70(37-55-22-7-4-16-49(55)34-52-19-10-13-25-64(52)73)42-60-30-47(2)32-62(68(60)77)44-72(39-57-24-9-6-18-51(57)36-54-21-12-15-27-66(54)75)45-63-33-48(3)31-61(69(63)78)43-71(41-59(29-46)67(58)76)38-56-23-8-5-17-50(56)35-53-20-11-14-26-65(53)74/h4-33,73-78H,34-45H2,1-3H3. The Morgan fingerprint density at radius 1 is 0.269 bits per heavy atom. The first-order chi connectivity index (χ1) is 37.8. The topological polar surface area (TPSA) is 131 Å². The lowest BCUT2D eigenvalue weighted by molar-refractivity contribution is 0.226. The molecule has 9 aromatic carbocycles. The number of hydrogen-bond donors (Lipinski definition) is 6. The average Bonchev–Trinajstić information content (AvgIpc) is 3.47. The van der Waals surface area contributed by atoms with Crippen molar-refractivity contribution >= 4 is 0 Å². The fourth-order valence-corrected chi connectivity index (χ4v) is 11.4. The highest BCUT2D eigenvalue weighted by molar-refractivity contribution is 5.49. The Balaban J connectivity index is 1.09. The molecule has 0 aromatic heterocycles. The molecule has 0 spiro atoms. The van der Waals surface area contributed by atoms with Crippen molar-refractivity contribution in [3.05, 3.63) is 282 Å². The highest BCUT2D eigenvalue weighted by Gasteiger charge is 2.25. The fraction of sp³-hybridized carbons (Fsp3) is 0.217. The van der Waals surface area contributed by atoms with E-state index in [1.54, 1.807) is 18.2 Å². The van der Waals surface area contributed by atoms with Gasteiger partial charge < -0.3 is 30.6 Å². The number of phenols is 6. The van der Waals surface area contributed by atoms with E-state index in [-0.39, 0.29) is 34.5 Å². The lowest BCUT2D eigenvalue weighted by atomic mass is 9.96. The number of hydrogen-bond acceptors (Lipinski definition) is 9. The van der Waals surface area contributed by atoms with Gasteiger partial charge in [0.25, 0.3) is 0 Å².